The number of hydrogen-bond donors (Lipinski definition) is 1. The molecule has 0 aromatic heterocycles. The molecule has 0 aromatic rings. The third kappa shape index (κ3) is 2.01. The van der Waals surface area contributed by atoms with Crippen LogP contribution in [-0.2, 0) is 0 Å². The second kappa shape index (κ2) is 4.63. The normalized spacial score (nSPS) is 42.2. The Morgan fingerprint density at radius 1 is 1.00 bits per heavy atom. The minimum atomic E-state index is 0.806. The molecule has 3 heteroatoms. The first-order valence-electron chi connectivity index (χ1n) is 7.03. The first-order chi connectivity index (χ1) is 7.84. The summed E-state index contributed by atoms with van der Waals surface area (Å²) in [5.74, 6) is 0.841. The monoisotopic (exact) mass is 223 g/mol. The molecule has 3 nitrogen and oxygen atoms in total. The maximum atomic E-state index is 3.54. The molecule has 0 aromatic carbocycles. The molecular weight excluding hydrogens is 198 g/mol. The summed E-state index contributed by atoms with van der Waals surface area (Å²) in [5, 5.41) is 3.54. The van der Waals surface area contributed by atoms with Crippen LogP contribution in [0.5, 0.6) is 0 Å². The average Bonchev–Trinajstić information content (AvgIpc) is 2.83. The van der Waals surface area contributed by atoms with Crippen LogP contribution in [0.4, 0.5) is 0 Å². The zero-order valence-corrected chi connectivity index (χ0v) is 10.5. The lowest BCUT2D eigenvalue weighted by atomic mass is 10.0. The number of hydrogen-bond acceptors (Lipinski definition) is 3. The van der Waals surface area contributed by atoms with Crippen molar-refractivity contribution in [2.45, 2.75) is 38.3 Å². The number of fused-ring (bicyclic) bond motifs is 1. The van der Waals surface area contributed by atoms with Crippen molar-refractivity contribution < 1.29 is 0 Å². The summed E-state index contributed by atoms with van der Waals surface area (Å²) in [6, 6.07) is 1.68. The fourth-order valence-electron chi connectivity index (χ4n) is 3.82. The summed E-state index contributed by atoms with van der Waals surface area (Å²) in [7, 11) is 0. The third-order valence-electron chi connectivity index (χ3n) is 4.78. The van der Waals surface area contributed by atoms with Gasteiger partial charge in [0.25, 0.3) is 0 Å². The Morgan fingerprint density at radius 2 is 1.81 bits per heavy atom. The molecule has 0 bridgehead atoms. The Morgan fingerprint density at radius 3 is 2.62 bits per heavy atom. The molecule has 92 valence electrons. The van der Waals surface area contributed by atoms with Gasteiger partial charge in [-0.25, -0.2) is 0 Å². The van der Waals surface area contributed by atoms with Crippen LogP contribution in [0.15, 0.2) is 0 Å². The van der Waals surface area contributed by atoms with Crippen LogP contribution in [-0.4, -0.2) is 61.2 Å². The van der Waals surface area contributed by atoms with Crippen LogP contribution in [0, 0.1) is 5.92 Å². The van der Waals surface area contributed by atoms with Crippen molar-refractivity contribution in [1.29, 1.82) is 0 Å². The topological polar surface area (TPSA) is 18.5 Å². The molecule has 3 aliphatic rings. The summed E-state index contributed by atoms with van der Waals surface area (Å²) in [5.41, 5.74) is 0. The van der Waals surface area contributed by atoms with Crippen molar-refractivity contribution in [1.82, 2.24) is 15.1 Å². The van der Waals surface area contributed by atoms with E-state index in [0.717, 1.165) is 18.0 Å². The molecule has 3 heterocycles. The van der Waals surface area contributed by atoms with E-state index in [1.165, 1.54) is 58.5 Å². The molecule has 0 amide bonds. The van der Waals surface area contributed by atoms with Gasteiger partial charge in [0, 0.05) is 25.2 Å². The van der Waals surface area contributed by atoms with E-state index >= 15 is 0 Å². The van der Waals surface area contributed by atoms with Gasteiger partial charge >= 0.3 is 0 Å². The van der Waals surface area contributed by atoms with E-state index in [1.54, 1.807) is 0 Å². The van der Waals surface area contributed by atoms with Crippen molar-refractivity contribution >= 4 is 0 Å². The maximum absolute atomic E-state index is 3.54. The SMILES string of the molecule is CC1CNCC1N1CCCN2CCCC2C1. The largest absolute Gasteiger partial charge is 0.315 e. The van der Waals surface area contributed by atoms with Gasteiger partial charge in [-0.1, -0.05) is 6.92 Å². The molecule has 0 radical (unpaired) electrons. The van der Waals surface area contributed by atoms with Gasteiger partial charge < -0.3 is 5.32 Å². The summed E-state index contributed by atoms with van der Waals surface area (Å²) < 4.78 is 0. The van der Waals surface area contributed by atoms with Crippen LogP contribution in [0.1, 0.15) is 26.2 Å². The van der Waals surface area contributed by atoms with E-state index in [0.29, 0.717) is 0 Å². The first kappa shape index (κ1) is 11.0. The minimum Gasteiger partial charge on any atom is -0.315 e. The highest BCUT2D eigenvalue weighted by atomic mass is 15.3. The van der Waals surface area contributed by atoms with Gasteiger partial charge in [-0.15, -0.1) is 0 Å². The lowest BCUT2D eigenvalue weighted by Crippen LogP contribution is -2.45. The quantitative estimate of drug-likeness (QED) is 0.708. The molecule has 3 rings (SSSR count). The Bertz CT molecular complexity index is 243. The van der Waals surface area contributed by atoms with Gasteiger partial charge in [0.05, 0.1) is 0 Å². The molecule has 3 fully saturated rings. The minimum absolute atomic E-state index is 0.806. The van der Waals surface area contributed by atoms with Crippen molar-refractivity contribution in [3.63, 3.8) is 0 Å². The van der Waals surface area contributed by atoms with Crippen molar-refractivity contribution in [3.05, 3.63) is 0 Å². The van der Waals surface area contributed by atoms with Crippen LogP contribution in [0.2, 0.25) is 0 Å². The van der Waals surface area contributed by atoms with Crippen molar-refractivity contribution in [2.24, 2.45) is 5.92 Å². The number of nitrogens with one attached hydrogen (secondary N) is 1. The Hall–Kier alpha value is -0.120. The molecule has 3 unspecified atom stereocenters. The van der Waals surface area contributed by atoms with Crippen LogP contribution < -0.4 is 5.32 Å². The molecule has 0 saturated carbocycles. The van der Waals surface area contributed by atoms with Crippen molar-refractivity contribution in [2.75, 3.05) is 39.3 Å². The molecular formula is C13H25N3. The maximum Gasteiger partial charge on any atom is 0.0258 e. The van der Waals surface area contributed by atoms with E-state index in [9.17, 15) is 0 Å². The van der Waals surface area contributed by atoms with E-state index in [1.807, 2.05) is 0 Å². The fraction of sp³-hybridized carbons (Fsp3) is 1.00. The van der Waals surface area contributed by atoms with Crippen LogP contribution >= 0.6 is 0 Å². The predicted molar refractivity (Wildman–Crippen MR) is 66.6 cm³/mol. The Balaban J connectivity index is 1.66. The highest BCUT2D eigenvalue weighted by Crippen LogP contribution is 2.25. The van der Waals surface area contributed by atoms with E-state index in [2.05, 4.69) is 22.0 Å². The van der Waals surface area contributed by atoms with Crippen LogP contribution in [0.3, 0.4) is 0 Å². The Kier molecular flexibility index (Phi) is 3.18. The average molecular weight is 223 g/mol. The lowest BCUT2D eigenvalue weighted by molar-refractivity contribution is 0.159. The van der Waals surface area contributed by atoms with Gasteiger partial charge in [0.1, 0.15) is 0 Å². The van der Waals surface area contributed by atoms with Gasteiger partial charge in [-0.05, 0) is 51.4 Å². The smallest absolute Gasteiger partial charge is 0.0258 e. The second-order valence-corrected chi connectivity index (χ2v) is 5.88. The van der Waals surface area contributed by atoms with Gasteiger partial charge in [0.15, 0.2) is 0 Å². The van der Waals surface area contributed by atoms with E-state index in [-0.39, 0.29) is 0 Å². The Labute approximate surface area is 99.2 Å². The standard InChI is InChI=1S/C13H25N3/c1-11-8-14-9-13(11)16-7-3-6-15-5-2-4-12(15)10-16/h11-14H,2-10H2,1H3. The summed E-state index contributed by atoms with van der Waals surface area (Å²) >= 11 is 0. The van der Waals surface area contributed by atoms with E-state index < -0.39 is 0 Å². The first-order valence-corrected chi connectivity index (χ1v) is 7.03. The van der Waals surface area contributed by atoms with E-state index in [4.69, 9.17) is 0 Å². The zero-order valence-electron chi connectivity index (χ0n) is 10.5. The second-order valence-electron chi connectivity index (χ2n) is 5.88. The summed E-state index contributed by atoms with van der Waals surface area (Å²) in [6.45, 7) is 10.2. The van der Waals surface area contributed by atoms with Crippen LogP contribution in [0.25, 0.3) is 0 Å². The molecule has 3 aliphatic heterocycles. The molecule has 3 atom stereocenters. The summed E-state index contributed by atoms with van der Waals surface area (Å²) in [4.78, 5) is 5.51. The third-order valence-corrected chi connectivity index (χ3v) is 4.78. The van der Waals surface area contributed by atoms with Gasteiger partial charge in [0.2, 0.25) is 0 Å². The fourth-order valence-corrected chi connectivity index (χ4v) is 3.82. The zero-order chi connectivity index (χ0) is 11.0. The molecule has 16 heavy (non-hydrogen) atoms. The predicted octanol–water partition coefficient (Wildman–Crippen LogP) is 0.764. The van der Waals surface area contributed by atoms with Gasteiger partial charge in [-0.2, -0.15) is 0 Å². The highest BCUT2D eigenvalue weighted by Gasteiger charge is 2.34. The lowest BCUT2D eigenvalue weighted by Gasteiger charge is -2.32. The summed E-state index contributed by atoms with van der Waals surface area (Å²) in [6.07, 6.45) is 4.24. The molecule has 0 aliphatic carbocycles. The molecule has 0 spiro atoms. The molecule has 1 N–H and O–H groups in total. The van der Waals surface area contributed by atoms with Crippen molar-refractivity contribution in [3.8, 4) is 0 Å². The highest BCUT2D eigenvalue weighted by molar-refractivity contribution is 4.92. The number of rotatable bonds is 1. The molecule has 3 saturated heterocycles. The number of nitrogens with zero attached hydrogens (tertiary/aromatic N) is 2. The van der Waals surface area contributed by atoms with Gasteiger partial charge in [-0.3, -0.25) is 9.80 Å².